The first-order valence-corrected chi connectivity index (χ1v) is 22.8. The lowest BCUT2D eigenvalue weighted by atomic mass is 9.77. The van der Waals surface area contributed by atoms with Crippen molar-refractivity contribution in [1.82, 2.24) is 20.4 Å². The minimum absolute atomic E-state index is 0.00531. The second-order valence-corrected chi connectivity index (χ2v) is 20.3. The maximum Gasteiger partial charge on any atom is 0.407 e. The van der Waals surface area contributed by atoms with Crippen LogP contribution in [0.15, 0.2) is 4.99 Å². The first kappa shape index (κ1) is 51.8. The zero-order valence-corrected chi connectivity index (χ0v) is 40.3. The van der Waals surface area contributed by atoms with E-state index in [4.69, 9.17) is 38.2 Å². The third-order valence-corrected chi connectivity index (χ3v) is 12.8. The molecule has 4 fully saturated rings. The molecule has 0 aromatic rings. The summed E-state index contributed by atoms with van der Waals surface area (Å²) in [5.74, 6) is -2.19. The molecule has 62 heavy (non-hydrogen) atoms. The van der Waals surface area contributed by atoms with Crippen LogP contribution in [-0.2, 0) is 42.7 Å². The van der Waals surface area contributed by atoms with Gasteiger partial charge in [0.05, 0.1) is 47.6 Å². The van der Waals surface area contributed by atoms with Crippen molar-refractivity contribution in [3.63, 3.8) is 0 Å². The number of ether oxygens (including phenoxy) is 7. The number of carbonyl (C=O) groups excluding carboxylic acids is 3. The van der Waals surface area contributed by atoms with Gasteiger partial charge in [0.2, 0.25) is 11.8 Å². The number of aliphatic hydroxyl groups is 2. The fourth-order valence-corrected chi connectivity index (χ4v) is 9.50. The molecule has 0 spiro atoms. The second-order valence-electron chi connectivity index (χ2n) is 20.3. The summed E-state index contributed by atoms with van der Waals surface area (Å²) in [4.78, 5) is 49.0. The quantitative estimate of drug-likeness (QED) is 0.214. The zero-order chi connectivity index (χ0) is 46.5. The topological polar surface area (TPSA) is 199 Å². The van der Waals surface area contributed by atoms with Crippen LogP contribution in [0.25, 0.3) is 0 Å². The van der Waals surface area contributed by atoms with Crippen LogP contribution in [0.1, 0.15) is 128 Å². The van der Waals surface area contributed by atoms with Crippen LogP contribution in [0.4, 0.5) is 4.79 Å². The van der Waals surface area contributed by atoms with Crippen LogP contribution >= 0.6 is 0 Å². The maximum absolute atomic E-state index is 14.6. The molecule has 17 nitrogen and oxygen atoms in total. The van der Waals surface area contributed by atoms with Gasteiger partial charge in [-0.05, 0) is 100 Å². The molecule has 15 atom stereocenters. The molecule has 4 rings (SSSR count). The van der Waals surface area contributed by atoms with Crippen LogP contribution in [-0.4, -0.2) is 162 Å². The smallest absolute Gasteiger partial charge is 0.407 e. The van der Waals surface area contributed by atoms with Gasteiger partial charge in [0.25, 0.3) is 6.02 Å². The van der Waals surface area contributed by atoms with Gasteiger partial charge < -0.3 is 63.8 Å². The Balaban J connectivity index is 1.71. The Hall–Kier alpha value is -2.80. The van der Waals surface area contributed by atoms with Gasteiger partial charge >= 0.3 is 6.09 Å². The summed E-state index contributed by atoms with van der Waals surface area (Å²) in [7, 11) is 5.23. The molecule has 4 saturated heterocycles. The number of rotatable bonds is 11. The predicted molar refractivity (Wildman–Crippen MR) is 233 cm³/mol. The number of nitrogens with one attached hydrogen (secondary N) is 2. The molecule has 3 amide bonds. The summed E-state index contributed by atoms with van der Waals surface area (Å²) in [6.07, 6.45) is -3.73. The first-order chi connectivity index (χ1) is 28.7. The summed E-state index contributed by atoms with van der Waals surface area (Å²) in [6.45, 7) is 23.0. The largest absolute Gasteiger partial charge is 0.454 e. The van der Waals surface area contributed by atoms with E-state index in [0.29, 0.717) is 44.8 Å². The van der Waals surface area contributed by atoms with Crippen molar-refractivity contribution in [3.05, 3.63) is 0 Å². The molecule has 358 valence electrons. The highest BCUT2D eigenvalue weighted by molar-refractivity contribution is 5.81. The molecule has 17 heteroatoms. The minimum atomic E-state index is -1.53. The van der Waals surface area contributed by atoms with Gasteiger partial charge in [0, 0.05) is 65.1 Å². The number of hydrogen-bond donors (Lipinski definition) is 4. The van der Waals surface area contributed by atoms with Crippen LogP contribution in [0.3, 0.4) is 0 Å². The second kappa shape index (κ2) is 21.5. The summed E-state index contributed by atoms with van der Waals surface area (Å²) in [6, 6.07) is -0.124. The van der Waals surface area contributed by atoms with Crippen molar-refractivity contribution in [1.29, 1.82) is 0 Å². The molecule has 0 saturated carbocycles. The van der Waals surface area contributed by atoms with Gasteiger partial charge in [-0.25, -0.2) is 9.79 Å². The van der Waals surface area contributed by atoms with Crippen molar-refractivity contribution >= 4 is 23.9 Å². The summed E-state index contributed by atoms with van der Waals surface area (Å²) >= 11 is 0. The van der Waals surface area contributed by atoms with Crippen molar-refractivity contribution in [3.8, 4) is 0 Å². The summed E-state index contributed by atoms with van der Waals surface area (Å²) in [5.41, 5.74) is -3.16. The molecule has 0 aromatic carbocycles. The Kier molecular flexibility index (Phi) is 17.9. The van der Waals surface area contributed by atoms with E-state index in [-0.39, 0.29) is 55.2 Å². The number of unbranched alkanes of at least 4 members (excludes halogenated alkanes) is 1. The van der Waals surface area contributed by atoms with E-state index in [1.165, 1.54) is 7.11 Å². The van der Waals surface area contributed by atoms with E-state index in [0.717, 1.165) is 0 Å². The molecule has 0 aromatic heterocycles. The van der Waals surface area contributed by atoms with E-state index in [1.54, 1.807) is 60.4 Å². The average molecular weight is 884 g/mol. The lowest BCUT2D eigenvalue weighted by Gasteiger charge is -2.48. The zero-order valence-electron chi connectivity index (χ0n) is 40.3. The first-order valence-electron chi connectivity index (χ1n) is 22.8. The Morgan fingerprint density at radius 3 is 2.35 bits per heavy atom. The van der Waals surface area contributed by atoms with Crippen LogP contribution in [0.2, 0.25) is 0 Å². The average Bonchev–Trinajstić information content (AvgIpc) is 3.45. The molecule has 0 radical (unpaired) electrons. The monoisotopic (exact) mass is 884 g/mol. The lowest BCUT2D eigenvalue weighted by Crippen LogP contribution is -2.60. The number of fused-ring (bicyclic) bond motifs is 1. The number of carbonyl (C=O) groups is 3. The highest BCUT2D eigenvalue weighted by Crippen LogP contribution is 2.41. The standard InChI is InChI=1S/C45H81N5O12/c1-25(2)47-41-50(14)32-20-27(4)57-40(36(32)60-41)61-38-28(5)35(59-34-23-45(12,56-15)37(52)30(7)58-34)29(6)39(53)48-31(18-16-17-19-46-42(54)62-43(8,9)10)21-33(51)49(13)24-26(3)22-44(38,11)55/h25-32,34-38,40,52,55H,16-24H2,1-15H3,(H,46,54)(H,48,53)/t26-,27?,28+,29?,30?,31?,32?,34+,35?,36-,37+,38-,40?,44?,45?/m1/s1. The fourth-order valence-electron chi connectivity index (χ4n) is 9.50. The van der Waals surface area contributed by atoms with E-state index in [9.17, 15) is 24.6 Å². The number of nitrogens with zero attached hydrogens (tertiary/aromatic N) is 3. The van der Waals surface area contributed by atoms with E-state index >= 15 is 0 Å². The highest BCUT2D eigenvalue weighted by Gasteiger charge is 2.54. The van der Waals surface area contributed by atoms with Crippen molar-refractivity contribution in [2.24, 2.45) is 22.7 Å². The number of alkyl carbamates (subject to hydrolysis) is 1. The predicted octanol–water partition coefficient (Wildman–Crippen LogP) is 4.35. The number of amidine groups is 1. The molecule has 9 unspecified atom stereocenters. The normalized spacial score (nSPS) is 39.8. The molecule has 4 heterocycles. The summed E-state index contributed by atoms with van der Waals surface area (Å²) in [5, 5.41) is 29.7. The molecule has 0 aliphatic carbocycles. The van der Waals surface area contributed by atoms with E-state index in [2.05, 4.69) is 10.6 Å². The number of likely N-dealkylation sites (N-methyl/N-ethyl adjacent to an activating group) is 1. The van der Waals surface area contributed by atoms with Gasteiger partial charge in [-0.2, -0.15) is 0 Å². The highest BCUT2D eigenvalue weighted by atomic mass is 16.7. The molecular formula is C45H81N5O12. The molecular weight excluding hydrogens is 803 g/mol. The van der Waals surface area contributed by atoms with Crippen molar-refractivity contribution in [2.75, 3.05) is 34.3 Å². The number of amides is 3. The summed E-state index contributed by atoms with van der Waals surface area (Å²) < 4.78 is 44.3. The third-order valence-electron chi connectivity index (χ3n) is 12.8. The molecule has 4 aliphatic rings. The van der Waals surface area contributed by atoms with Crippen LogP contribution in [0, 0.1) is 17.8 Å². The maximum atomic E-state index is 14.6. The fraction of sp³-hybridized carbons (Fsp3) is 0.911. The van der Waals surface area contributed by atoms with Crippen molar-refractivity contribution in [2.45, 2.75) is 212 Å². The molecule has 4 N–H and O–H groups in total. The number of aliphatic hydroxyl groups excluding tert-OH is 1. The van der Waals surface area contributed by atoms with Gasteiger partial charge in [-0.3, -0.25) is 9.59 Å². The Morgan fingerprint density at radius 1 is 1.05 bits per heavy atom. The molecule has 4 aliphatic heterocycles. The van der Waals surface area contributed by atoms with Gasteiger partial charge in [0.1, 0.15) is 11.7 Å². The number of methoxy groups -OCH3 is 1. The van der Waals surface area contributed by atoms with Crippen LogP contribution in [0.5, 0.6) is 0 Å². The lowest BCUT2D eigenvalue weighted by molar-refractivity contribution is -0.313. The van der Waals surface area contributed by atoms with Gasteiger partial charge in [-0.1, -0.05) is 20.8 Å². The van der Waals surface area contributed by atoms with E-state index < -0.39 is 83.9 Å². The van der Waals surface area contributed by atoms with Gasteiger partial charge in [0.15, 0.2) is 18.7 Å². The van der Waals surface area contributed by atoms with Crippen LogP contribution < -0.4 is 10.6 Å². The van der Waals surface area contributed by atoms with E-state index in [1.807, 2.05) is 46.6 Å². The van der Waals surface area contributed by atoms with Gasteiger partial charge in [-0.15, -0.1) is 0 Å². The van der Waals surface area contributed by atoms with Crippen molar-refractivity contribution < 1.29 is 57.8 Å². The Labute approximate surface area is 370 Å². The molecule has 0 bridgehead atoms. The number of aliphatic imine (C=N–C) groups is 1. The third kappa shape index (κ3) is 13.6. The SMILES string of the molecule is COC1(C)C[C@H](OC2C(C)C(=O)NC(CCCCNC(=O)OC(C)(C)C)CC(=O)N(C)C[C@H](C)CC(C)(O)[C@H](OC3OC(C)CC4[C@H]3OC(=NC(C)C)N4C)[C@H]2C)OC(C)[C@@H]1O. The Bertz CT molecular complexity index is 1530. The Morgan fingerprint density at radius 2 is 1.73 bits per heavy atom. The number of hydrogen-bond acceptors (Lipinski definition) is 13. The minimum Gasteiger partial charge on any atom is -0.454 e.